The van der Waals surface area contributed by atoms with Crippen molar-refractivity contribution >= 4 is 17.9 Å². The van der Waals surface area contributed by atoms with E-state index in [2.05, 4.69) is 34.6 Å². The molecule has 2 atom stereocenters. The lowest BCUT2D eigenvalue weighted by atomic mass is 9.99. The number of rotatable bonds is 46. The van der Waals surface area contributed by atoms with Gasteiger partial charge in [0.25, 0.3) is 0 Å². The molecule has 0 aliphatic heterocycles. The summed E-state index contributed by atoms with van der Waals surface area (Å²) in [6.45, 7) is 11.4. The van der Waals surface area contributed by atoms with Crippen molar-refractivity contribution in [3.8, 4) is 0 Å². The highest BCUT2D eigenvalue weighted by Crippen LogP contribution is 2.18. The van der Waals surface area contributed by atoms with Crippen molar-refractivity contribution in [1.29, 1.82) is 0 Å². The SMILES string of the molecule is CCCCCCCCCCCCCCCCCC(=O)OC[C@H](COC(=O)CCCCCCCCCCC(C)C)OC(=O)CCCCCCCCCCCCC(C)CC. The molecule has 0 N–H and O–H groups in total. The van der Waals surface area contributed by atoms with Crippen LogP contribution in [0.5, 0.6) is 0 Å². The maximum absolute atomic E-state index is 12.8. The number of carbonyl (C=O) groups is 3. The van der Waals surface area contributed by atoms with E-state index in [-0.39, 0.29) is 31.1 Å². The molecule has 0 bridgehead atoms. The predicted octanol–water partition coefficient (Wildman–Crippen LogP) is 16.5. The lowest BCUT2D eigenvalue weighted by Gasteiger charge is -2.18. The quantitative estimate of drug-likeness (QED) is 0.0346. The molecule has 0 aromatic rings. The second kappa shape index (κ2) is 44.9. The van der Waals surface area contributed by atoms with Crippen LogP contribution in [0.25, 0.3) is 0 Å². The number of esters is 3. The molecule has 0 amide bonds. The van der Waals surface area contributed by atoms with Gasteiger partial charge in [0.1, 0.15) is 13.2 Å². The summed E-state index contributed by atoms with van der Waals surface area (Å²) in [6.07, 6.45) is 45.1. The first-order valence-corrected chi connectivity index (χ1v) is 25.8. The molecule has 0 aromatic carbocycles. The van der Waals surface area contributed by atoms with Crippen LogP contribution in [0, 0.1) is 11.8 Å². The Kier molecular flexibility index (Phi) is 43.7. The van der Waals surface area contributed by atoms with Gasteiger partial charge >= 0.3 is 17.9 Å². The number of ether oxygens (including phenoxy) is 3. The molecule has 0 radical (unpaired) electrons. The van der Waals surface area contributed by atoms with Crippen LogP contribution in [0.2, 0.25) is 0 Å². The van der Waals surface area contributed by atoms with E-state index in [0.29, 0.717) is 19.3 Å². The van der Waals surface area contributed by atoms with Crippen LogP contribution in [0.4, 0.5) is 0 Å². The van der Waals surface area contributed by atoms with Crippen LogP contribution in [-0.4, -0.2) is 37.2 Å². The smallest absolute Gasteiger partial charge is 0.306 e. The van der Waals surface area contributed by atoms with Gasteiger partial charge < -0.3 is 14.2 Å². The summed E-state index contributed by atoms with van der Waals surface area (Å²) in [5, 5.41) is 0. The van der Waals surface area contributed by atoms with Gasteiger partial charge in [-0.2, -0.15) is 0 Å². The first kappa shape index (κ1) is 56.4. The molecule has 0 aliphatic rings. The van der Waals surface area contributed by atoms with Crippen molar-refractivity contribution in [2.24, 2.45) is 11.8 Å². The summed E-state index contributed by atoms with van der Waals surface area (Å²) in [6, 6.07) is 0. The molecule has 0 saturated carbocycles. The zero-order chi connectivity index (χ0) is 42.6. The highest BCUT2D eigenvalue weighted by Gasteiger charge is 2.19. The predicted molar refractivity (Wildman–Crippen MR) is 247 cm³/mol. The largest absolute Gasteiger partial charge is 0.462 e. The zero-order valence-electron chi connectivity index (χ0n) is 39.7. The fourth-order valence-corrected chi connectivity index (χ4v) is 7.78. The Labute approximate surface area is 361 Å². The molecule has 0 saturated heterocycles. The number of hydrogen-bond donors (Lipinski definition) is 0. The van der Waals surface area contributed by atoms with Crippen molar-refractivity contribution in [2.75, 3.05) is 13.2 Å². The maximum atomic E-state index is 12.8. The van der Waals surface area contributed by atoms with Crippen LogP contribution in [0.1, 0.15) is 285 Å². The minimum Gasteiger partial charge on any atom is -0.462 e. The number of hydrogen-bond acceptors (Lipinski definition) is 6. The van der Waals surface area contributed by atoms with Gasteiger partial charge in [-0.1, -0.05) is 247 Å². The average Bonchev–Trinajstić information content (AvgIpc) is 3.21. The minimum absolute atomic E-state index is 0.0641. The molecule has 58 heavy (non-hydrogen) atoms. The molecule has 0 aromatic heterocycles. The van der Waals surface area contributed by atoms with Crippen LogP contribution >= 0.6 is 0 Å². The van der Waals surface area contributed by atoms with Crippen molar-refractivity contribution in [2.45, 2.75) is 291 Å². The van der Waals surface area contributed by atoms with Crippen LogP contribution in [-0.2, 0) is 28.6 Å². The standard InChI is InChI=1S/C52H100O6/c1-6-8-9-10-11-12-13-14-15-16-17-21-27-32-37-42-50(53)56-45-49(46-57-51(54)43-38-33-28-24-23-25-30-35-40-47(3)4)58-52(55)44-39-34-29-22-19-18-20-26-31-36-41-48(5)7-2/h47-49H,6-46H2,1-5H3/t48?,49-/m1/s1. The van der Waals surface area contributed by atoms with Crippen molar-refractivity contribution in [3.05, 3.63) is 0 Å². The van der Waals surface area contributed by atoms with Gasteiger partial charge in [-0.3, -0.25) is 14.4 Å². The van der Waals surface area contributed by atoms with E-state index >= 15 is 0 Å². The first-order chi connectivity index (χ1) is 28.3. The molecule has 0 spiro atoms. The molecule has 0 fully saturated rings. The third-order valence-corrected chi connectivity index (χ3v) is 12.1. The molecule has 0 aliphatic carbocycles. The first-order valence-electron chi connectivity index (χ1n) is 25.8. The van der Waals surface area contributed by atoms with Gasteiger partial charge in [0.05, 0.1) is 0 Å². The van der Waals surface area contributed by atoms with Gasteiger partial charge in [-0.25, -0.2) is 0 Å². The maximum Gasteiger partial charge on any atom is 0.306 e. The number of unbranched alkanes of at least 4 members (excludes halogenated alkanes) is 30. The van der Waals surface area contributed by atoms with Crippen LogP contribution in [0.15, 0.2) is 0 Å². The molecule has 0 heterocycles. The van der Waals surface area contributed by atoms with Gasteiger partial charge in [0, 0.05) is 19.3 Å². The molecule has 344 valence electrons. The van der Waals surface area contributed by atoms with Gasteiger partial charge in [-0.15, -0.1) is 0 Å². The molecule has 1 unspecified atom stereocenters. The van der Waals surface area contributed by atoms with Crippen molar-refractivity contribution < 1.29 is 28.6 Å². The third kappa shape index (κ3) is 44.0. The Morgan fingerprint density at radius 1 is 0.362 bits per heavy atom. The monoisotopic (exact) mass is 821 g/mol. The normalized spacial score (nSPS) is 12.5. The van der Waals surface area contributed by atoms with Crippen molar-refractivity contribution in [3.63, 3.8) is 0 Å². The fraction of sp³-hybridized carbons (Fsp3) is 0.942. The highest BCUT2D eigenvalue weighted by atomic mass is 16.6. The van der Waals surface area contributed by atoms with Crippen LogP contribution in [0.3, 0.4) is 0 Å². The zero-order valence-corrected chi connectivity index (χ0v) is 39.7. The van der Waals surface area contributed by atoms with E-state index in [1.807, 2.05) is 0 Å². The fourth-order valence-electron chi connectivity index (χ4n) is 7.78. The third-order valence-electron chi connectivity index (χ3n) is 12.1. The Bertz CT molecular complexity index is 887. The van der Waals surface area contributed by atoms with E-state index in [9.17, 15) is 14.4 Å². The summed E-state index contributed by atoms with van der Waals surface area (Å²) in [5.41, 5.74) is 0. The summed E-state index contributed by atoms with van der Waals surface area (Å²) in [5.74, 6) is 0.813. The van der Waals surface area contributed by atoms with Gasteiger partial charge in [0.2, 0.25) is 0 Å². The van der Waals surface area contributed by atoms with E-state index in [0.717, 1.165) is 69.6 Å². The second-order valence-corrected chi connectivity index (χ2v) is 18.5. The van der Waals surface area contributed by atoms with E-state index in [1.165, 1.54) is 173 Å². The average molecular weight is 821 g/mol. The lowest BCUT2D eigenvalue weighted by Crippen LogP contribution is -2.30. The highest BCUT2D eigenvalue weighted by molar-refractivity contribution is 5.71. The summed E-state index contributed by atoms with van der Waals surface area (Å²) < 4.78 is 16.8. The topological polar surface area (TPSA) is 78.9 Å². The minimum atomic E-state index is -0.762. The number of carbonyl (C=O) groups excluding carboxylic acids is 3. The lowest BCUT2D eigenvalue weighted by molar-refractivity contribution is -0.167. The van der Waals surface area contributed by atoms with Crippen molar-refractivity contribution in [1.82, 2.24) is 0 Å². The Hall–Kier alpha value is -1.59. The van der Waals surface area contributed by atoms with Gasteiger partial charge in [0.15, 0.2) is 6.10 Å². The molecule has 0 rings (SSSR count). The molecular formula is C52H100O6. The van der Waals surface area contributed by atoms with Crippen LogP contribution < -0.4 is 0 Å². The molecule has 6 heteroatoms. The van der Waals surface area contributed by atoms with Gasteiger partial charge in [-0.05, 0) is 31.1 Å². The Balaban J connectivity index is 4.32. The second-order valence-electron chi connectivity index (χ2n) is 18.5. The van der Waals surface area contributed by atoms with E-state index < -0.39 is 6.10 Å². The molecular weight excluding hydrogens is 721 g/mol. The Morgan fingerprint density at radius 2 is 0.655 bits per heavy atom. The Morgan fingerprint density at radius 3 is 0.983 bits per heavy atom. The molecule has 6 nitrogen and oxygen atoms in total. The summed E-state index contributed by atoms with van der Waals surface area (Å²) in [4.78, 5) is 37.9. The summed E-state index contributed by atoms with van der Waals surface area (Å²) in [7, 11) is 0. The van der Waals surface area contributed by atoms with E-state index in [1.54, 1.807) is 0 Å². The summed E-state index contributed by atoms with van der Waals surface area (Å²) >= 11 is 0. The van der Waals surface area contributed by atoms with E-state index in [4.69, 9.17) is 14.2 Å².